The number of alkyl carbamates (subject to hydrolysis) is 1. The van der Waals surface area contributed by atoms with Gasteiger partial charge in [0.05, 0.1) is 23.2 Å². The second-order valence-corrected chi connectivity index (χ2v) is 7.50. The Labute approximate surface area is 152 Å². The molecule has 1 saturated carbocycles. The molecule has 3 aliphatic rings. The third kappa shape index (κ3) is 3.00. The number of nitriles is 1. The number of carbonyl (C=O) groups excluding carboxylic acids is 2. The Morgan fingerprint density at radius 1 is 1.42 bits per heavy atom. The first kappa shape index (κ1) is 16.8. The number of hydrogen-bond donors (Lipinski definition) is 1. The first-order valence-electron chi connectivity index (χ1n) is 9.18. The van der Waals surface area contributed by atoms with Crippen molar-refractivity contribution in [2.45, 2.75) is 49.5 Å². The van der Waals surface area contributed by atoms with Crippen LogP contribution in [0, 0.1) is 11.3 Å². The van der Waals surface area contributed by atoms with Gasteiger partial charge in [-0.15, -0.1) is 0 Å². The summed E-state index contributed by atoms with van der Waals surface area (Å²) >= 11 is 0. The lowest BCUT2D eigenvalue weighted by atomic mass is 9.67. The summed E-state index contributed by atoms with van der Waals surface area (Å²) in [4.78, 5) is 29.6. The minimum Gasteiger partial charge on any atom is -0.447 e. The first-order chi connectivity index (χ1) is 12.6. The second kappa shape index (κ2) is 6.60. The molecule has 3 heterocycles. The van der Waals surface area contributed by atoms with Crippen LogP contribution < -0.4 is 5.32 Å². The van der Waals surface area contributed by atoms with Crippen molar-refractivity contribution >= 4 is 12.0 Å². The number of nitrogens with one attached hydrogen (secondary N) is 1. The molecule has 0 spiro atoms. The maximum Gasteiger partial charge on any atom is 0.407 e. The highest BCUT2D eigenvalue weighted by Crippen LogP contribution is 2.42. The van der Waals surface area contributed by atoms with Gasteiger partial charge in [0.2, 0.25) is 5.91 Å². The summed E-state index contributed by atoms with van der Waals surface area (Å²) in [5, 5.41) is 12.1. The van der Waals surface area contributed by atoms with E-state index >= 15 is 0 Å². The van der Waals surface area contributed by atoms with Gasteiger partial charge in [-0.3, -0.25) is 9.78 Å². The van der Waals surface area contributed by atoms with Crippen LogP contribution in [0.1, 0.15) is 49.3 Å². The predicted octanol–water partition coefficient (Wildman–Crippen LogP) is 1.84. The second-order valence-electron chi connectivity index (χ2n) is 7.50. The van der Waals surface area contributed by atoms with Gasteiger partial charge in [0, 0.05) is 31.6 Å². The lowest BCUT2D eigenvalue weighted by Gasteiger charge is -2.40. The van der Waals surface area contributed by atoms with Crippen molar-refractivity contribution in [1.29, 1.82) is 5.26 Å². The molecule has 0 radical (unpaired) electrons. The summed E-state index contributed by atoms with van der Waals surface area (Å²) in [6.45, 7) is 1.75. The molecule has 1 atom stereocenters. The fourth-order valence-electron chi connectivity index (χ4n) is 3.82. The van der Waals surface area contributed by atoms with E-state index < -0.39 is 6.09 Å². The highest BCUT2D eigenvalue weighted by molar-refractivity contribution is 5.77. The van der Waals surface area contributed by atoms with Crippen molar-refractivity contribution < 1.29 is 14.3 Å². The molecule has 7 nitrogen and oxygen atoms in total. The summed E-state index contributed by atoms with van der Waals surface area (Å²) < 4.78 is 4.83. The monoisotopic (exact) mass is 354 g/mol. The number of carbonyl (C=O) groups is 2. The maximum atomic E-state index is 12.2. The number of aromatic nitrogens is 1. The van der Waals surface area contributed by atoms with Gasteiger partial charge in [0.15, 0.2) is 0 Å². The highest BCUT2D eigenvalue weighted by Gasteiger charge is 2.40. The molecule has 4 rings (SSSR count). The first-order valence-corrected chi connectivity index (χ1v) is 9.18. The smallest absolute Gasteiger partial charge is 0.407 e. The SMILES string of the molecule is N#CC1(c2ccc(C3CN(C(=O)CC[C@@H]4COC(=O)N4)C3)cn2)CCC1. The zero-order chi connectivity index (χ0) is 18.1. The standard InChI is InChI=1S/C19H22N4O3/c20-12-19(6-1-7-19)16-4-2-13(8-21-16)14-9-23(10-14)17(24)5-3-15-11-26-18(25)22-15/h2,4,8,14-15H,1,3,5-7,9-11H2,(H,22,25)/t15-/m1/s1. The van der Waals surface area contributed by atoms with Crippen LogP contribution in [0.25, 0.3) is 0 Å². The normalized spacial score (nSPS) is 24.0. The fourth-order valence-corrected chi connectivity index (χ4v) is 3.82. The van der Waals surface area contributed by atoms with Crippen molar-refractivity contribution in [3.8, 4) is 6.07 Å². The number of hydrogen-bond acceptors (Lipinski definition) is 5. The van der Waals surface area contributed by atoms with Crippen LogP contribution in [0.4, 0.5) is 4.79 Å². The third-order valence-corrected chi connectivity index (χ3v) is 5.85. The minimum atomic E-state index is -0.400. The molecule has 1 aliphatic carbocycles. The van der Waals surface area contributed by atoms with Crippen molar-refractivity contribution in [3.63, 3.8) is 0 Å². The number of rotatable bonds is 5. The van der Waals surface area contributed by atoms with Gasteiger partial charge < -0.3 is 15.0 Å². The molecule has 1 aromatic rings. The number of amides is 2. The Kier molecular flexibility index (Phi) is 4.27. The van der Waals surface area contributed by atoms with E-state index in [2.05, 4.69) is 22.4 Å². The van der Waals surface area contributed by atoms with Gasteiger partial charge in [0.1, 0.15) is 6.61 Å². The lowest BCUT2D eigenvalue weighted by molar-refractivity contribution is -0.135. The molecule has 136 valence electrons. The summed E-state index contributed by atoms with van der Waals surface area (Å²) in [5.41, 5.74) is 1.63. The Bertz CT molecular complexity index is 745. The van der Waals surface area contributed by atoms with Gasteiger partial charge in [0.25, 0.3) is 0 Å². The number of ether oxygens (including phenoxy) is 1. The molecular weight excluding hydrogens is 332 g/mol. The van der Waals surface area contributed by atoms with Crippen molar-refractivity contribution in [2.75, 3.05) is 19.7 Å². The Hall–Kier alpha value is -2.62. The summed E-state index contributed by atoms with van der Waals surface area (Å²) in [7, 11) is 0. The van der Waals surface area contributed by atoms with Crippen molar-refractivity contribution in [2.24, 2.45) is 0 Å². The maximum absolute atomic E-state index is 12.2. The molecule has 2 aliphatic heterocycles. The number of likely N-dealkylation sites (tertiary alicyclic amines) is 1. The van der Waals surface area contributed by atoms with Crippen LogP contribution in [0.5, 0.6) is 0 Å². The Balaban J connectivity index is 1.26. The topological polar surface area (TPSA) is 95.3 Å². The van der Waals surface area contributed by atoms with E-state index in [1.807, 2.05) is 17.2 Å². The zero-order valence-corrected chi connectivity index (χ0v) is 14.6. The lowest BCUT2D eigenvalue weighted by Crippen LogP contribution is -2.48. The van der Waals surface area contributed by atoms with Crippen LogP contribution in [-0.2, 0) is 14.9 Å². The average Bonchev–Trinajstić information content (AvgIpc) is 2.98. The van der Waals surface area contributed by atoms with E-state index in [1.54, 1.807) is 0 Å². The van der Waals surface area contributed by atoms with E-state index in [9.17, 15) is 14.9 Å². The van der Waals surface area contributed by atoms with Crippen LogP contribution >= 0.6 is 0 Å². The molecule has 0 bridgehead atoms. The number of cyclic esters (lactones) is 1. The van der Waals surface area contributed by atoms with Gasteiger partial charge in [-0.1, -0.05) is 6.07 Å². The van der Waals surface area contributed by atoms with Crippen LogP contribution in [-0.4, -0.2) is 47.6 Å². The molecular formula is C19H22N4O3. The zero-order valence-electron chi connectivity index (χ0n) is 14.6. The summed E-state index contributed by atoms with van der Waals surface area (Å²) in [6, 6.07) is 6.39. The average molecular weight is 354 g/mol. The van der Waals surface area contributed by atoms with Gasteiger partial charge in [-0.05, 0) is 37.3 Å². The molecule has 3 fully saturated rings. The molecule has 7 heteroatoms. The van der Waals surface area contributed by atoms with Crippen molar-refractivity contribution in [3.05, 3.63) is 29.6 Å². The quantitative estimate of drug-likeness (QED) is 0.870. The molecule has 1 N–H and O–H groups in total. The van der Waals surface area contributed by atoms with E-state index in [4.69, 9.17) is 4.74 Å². The minimum absolute atomic E-state index is 0.0563. The van der Waals surface area contributed by atoms with Gasteiger partial charge in [-0.25, -0.2) is 4.79 Å². The third-order valence-electron chi connectivity index (χ3n) is 5.85. The largest absolute Gasteiger partial charge is 0.447 e. The van der Waals surface area contributed by atoms with Crippen LogP contribution in [0.3, 0.4) is 0 Å². The van der Waals surface area contributed by atoms with E-state index in [0.29, 0.717) is 38.5 Å². The van der Waals surface area contributed by atoms with Crippen LogP contribution in [0.2, 0.25) is 0 Å². The van der Waals surface area contributed by atoms with Crippen molar-refractivity contribution in [1.82, 2.24) is 15.2 Å². The molecule has 2 saturated heterocycles. The molecule has 26 heavy (non-hydrogen) atoms. The summed E-state index contributed by atoms with van der Waals surface area (Å²) in [6.07, 6.45) is 5.38. The number of pyridine rings is 1. The predicted molar refractivity (Wildman–Crippen MR) is 92.2 cm³/mol. The van der Waals surface area contributed by atoms with E-state index in [0.717, 1.165) is 30.5 Å². The highest BCUT2D eigenvalue weighted by atomic mass is 16.6. The number of nitrogens with zero attached hydrogens (tertiary/aromatic N) is 3. The summed E-state index contributed by atoms with van der Waals surface area (Å²) in [5.74, 6) is 0.430. The molecule has 2 amide bonds. The van der Waals surface area contributed by atoms with E-state index in [1.165, 1.54) is 0 Å². The molecule has 0 unspecified atom stereocenters. The fraction of sp³-hybridized carbons (Fsp3) is 0.579. The van der Waals surface area contributed by atoms with Gasteiger partial charge >= 0.3 is 6.09 Å². The Morgan fingerprint density at radius 2 is 2.23 bits per heavy atom. The van der Waals surface area contributed by atoms with Crippen LogP contribution in [0.15, 0.2) is 18.3 Å². The molecule has 0 aromatic carbocycles. The van der Waals surface area contributed by atoms with E-state index in [-0.39, 0.29) is 17.4 Å². The molecule has 1 aromatic heterocycles. The Morgan fingerprint density at radius 3 is 2.77 bits per heavy atom. The van der Waals surface area contributed by atoms with Gasteiger partial charge in [-0.2, -0.15) is 5.26 Å².